The van der Waals surface area contributed by atoms with Crippen LogP contribution < -0.4 is 5.73 Å². The fourth-order valence-electron chi connectivity index (χ4n) is 1.12. The molecule has 6 heteroatoms. The van der Waals surface area contributed by atoms with Gasteiger partial charge in [-0.15, -0.1) is 0 Å². The highest BCUT2D eigenvalue weighted by Crippen LogP contribution is 2.20. The van der Waals surface area contributed by atoms with E-state index in [1.54, 1.807) is 0 Å². The highest BCUT2D eigenvalue weighted by Gasteiger charge is 2.12. The maximum absolute atomic E-state index is 13.2. The smallest absolute Gasteiger partial charge is 0.240 e. The third-order valence-corrected chi connectivity index (χ3v) is 1.81. The second kappa shape index (κ2) is 3.74. The summed E-state index contributed by atoms with van der Waals surface area (Å²) in [5, 5.41) is 3.49. The van der Waals surface area contributed by atoms with Crippen LogP contribution in [0.1, 0.15) is 5.89 Å². The van der Waals surface area contributed by atoms with Crippen LogP contribution in [0.5, 0.6) is 0 Å². The van der Waals surface area contributed by atoms with Gasteiger partial charge < -0.3 is 10.3 Å². The molecule has 0 saturated heterocycles. The first-order chi connectivity index (χ1) is 7.20. The molecule has 0 saturated carbocycles. The topological polar surface area (TPSA) is 64.9 Å². The molecular weight excluding hydrogens is 204 g/mol. The van der Waals surface area contributed by atoms with Crippen molar-refractivity contribution in [1.29, 1.82) is 0 Å². The maximum atomic E-state index is 13.2. The minimum atomic E-state index is -0.610. The van der Waals surface area contributed by atoms with Gasteiger partial charge >= 0.3 is 0 Å². The van der Waals surface area contributed by atoms with Crippen LogP contribution in [0.4, 0.5) is 8.78 Å². The summed E-state index contributed by atoms with van der Waals surface area (Å²) in [5.74, 6) is -1.01. The fraction of sp³-hybridized carbons (Fsp3) is 0.111. The van der Waals surface area contributed by atoms with Crippen molar-refractivity contribution in [2.75, 3.05) is 0 Å². The zero-order chi connectivity index (χ0) is 10.8. The summed E-state index contributed by atoms with van der Waals surface area (Å²) < 4.78 is 30.8. The number of hydrogen-bond acceptors (Lipinski definition) is 4. The second-order valence-electron chi connectivity index (χ2n) is 2.84. The van der Waals surface area contributed by atoms with Crippen LogP contribution in [0.2, 0.25) is 0 Å². The third kappa shape index (κ3) is 1.84. The lowest BCUT2D eigenvalue weighted by molar-refractivity contribution is 0.380. The van der Waals surface area contributed by atoms with Gasteiger partial charge in [0.25, 0.3) is 0 Å². The molecule has 0 bridgehead atoms. The molecule has 0 aliphatic heterocycles. The number of aromatic nitrogens is 2. The first-order valence-electron chi connectivity index (χ1n) is 4.19. The van der Waals surface area contributed by atoms with Gasteiger partial charge in [-0.05, 0) is 18.2 Å². The molecule has 0 fully saturated rings. The Bertz CT molecular complexity index is 484. The predicted molar refractivity (Wildman–Crippen MR) is 47.5 cm³/mol. The number of rotatable bonds is 2. The molecule has 1 aromatic carbocycles. The zero-order valence-corrected chi connectivity index (χ0v) is 7.58. The Labute approximate surface area is 83.7 Å². The van der Waals surface area contributed by atoms with E-state index in [0.29, 0.717) is 0 Å². The Morgan fingerprint density at radius 2 is 2.13 bits per heavy atom. The summed E-state index contributed by atoms with van der Waals surface area (Å²) in [6.07, 6.45) is 0. The predicted octanol–water partition coefficient (Wildman–Crippen LogP) is 1.47. The van der Waals surface area contributed by atoms with Crippen LogP contribution in [0, 0.1) is 11.6 Å². The molecule has 15 heavy (non-hydrogen) atoms. The van der Waals surface area contributed by atoms with E-state index in [9.17, 15) is 8.78 Å². The quantitative estimate of drug-likeness (QED) is 0.816. The van der Waals surface area contributed by atoms with Crippen molar-refractivity contribution < 1.29 is 13.3 Å². The number of nitrogens with zero attached hydrogens (tertiary/aromatic N) is 2. The number of nitrogens with two attached hydrogens (primary N) is 1. The lowest BCUT2D eigenvalue weighted by atomic mass is 10.2. The van der Waals surface area contributed by atoms with Gasteiger partial charge in [0.15, 0.2) is 0 Å². The van der Waals surface area contributed by atoms with E-state index in [2.05, 4.69) is 14.7 Å². The van der Waals surface area contributed by atoms with Crippen LogP contribution in [0.15, 0.2) is 22.7 Å². The van der Waals surface area contributed by atoms with Gasteiger partial charge in [0, 0.05) is 0 Å². The normalized spacial score (nSPS) is 10.6. The summed E-state index contributed by atoms with van der Waals surface area (Å²) in [4.78, 5) is 3.79. The van der Waals surface area contributed by atoms with E-state index in [-0.39, 0.29) is 23.8 Å². The summed E-state index contributed by atoms with van der Waals surface area (Å²) in [7, 11) is 0. The monoisotopic (exact) mass is 211 g/mol. The fourth-order valence-corrected chi connectivity index (χ4v) is 1.12. The van der Waals surface area contributed by atoms with Gasteiger partial charge in [-0.2, -0.15) is 4.98 Å². The summed E-state index contributed by atoms with van der Waals surface area (Å²) >= 11 is 0. The molecule has 2 N–H and O–H groups in total. The number of hydrogen-bond donors (Lipinski definition) is 1. The minimum absolute atomic E-state index is 0.00699. The Morgan fingerprint density at radius 3 is 2.80 bits per heavy atom. The SMILES string of the molecule is NCc1nc(-c2cc(F)ccc2F)no1. The molecule has 2 aromatic rings. The Kier molecular flexibility index (Phi) is 2.42. The lowest BCUT2D eigenvalue weighted by Gasteiger charge is -1.96. The summed E-state index contributed by atoms with van der Waals surface area (Å²) in [6.45, 7) is 0.0595. The molecule has 2 rings (SSSR count). The largest absolute Gasteiger partial charge is 0.338 e. The lowest BCUT2D eigenvalue weighted by Crippen LogP contribution is -1.96. The highest BCUT2D eigenvalue weighted by molar-refractivity contribution is 5.55. The van der Waals surface area contributed by atoms with Crippen LogP contribution >= 0.6 is 0 Å². The van der Waals surface area contributed by atoms with E-state index in [0.717, 1.165) is 18.2 Å². The van der Waals surface area contributed by atoms with Crippen molar-refractivity contribution in [3.63, 3.8) is 0 Å². The van der Waals surface area contributed by atoms with E-state index in [1.165, 1.54) is 0 Å². The number of halogens is 2. The van der Waals surface area contributed by atoms with Crippen LogP contribution in [0.3, 0.4) is 0 Å². The van der Waals surface area contributed by atoms with Gasteiger partial charge in [0.1, 0.15) is 11.6 Å². The van der Waals surface area contributed by atoms with Gasteiger partial charge in [-0.3, -0.25) is 0 Å². The Balaban J connectivity index is 2.48. The molecule has 0 aliphatic carbocycles. The number of benzene rings is 1. The molecular formula is C9H7F2N3O. The van der Waals surface area contributed by atoms with Gasteiger partial charge in [0.2, 0.25) is 11.7 Å². The average molecular weight is 211 g/mol. The second-order valence-corrected chi connectivity index (χ2v) is 2.84. The molecule has 0 aliphatic rings. The summed E-state index contributed by atoms with van der Waals surface area (Å²) in [5.41, 5.74) is 5.20. The summed E-state index contributed by atoms with van der Waals surface area (Å²) in [6, 6.07) is 3.02. The zero-order valence-electron chi connectivity index (χ0n) is 7.58. The van der Waals surface area contributed by atoms with Crippen molar-refractivity contribution in [1.82, 2.24) is 10.1 Å². The van der Waals surface area contributed by atoms with Crippen LogP contribution in [-0.2, 0) is 6.54 Å². The van der Waals surface area contributed by atoms with Crippen molar-refractivity contribution in [3.05, 3.63) is 35.7 Å². The molecule has 78 valence electrons. The highest BCUT2D eigenvalue weighted by atomic mass is 19.1. The molecule has 0 amide bonds. The standard InChI is InChI=1S/C9H7F2N3O/c10-5-1-2-7(11)6(3-5)9-13-8(4-12)15-14-9/h1-3H,4,12H2. The molecule has 0 spiro atoms. The molecule has 4 nitrogen and oxygen atoms in total. The van der Waals surface area contributed by atoms with Gasteiger partial charge in [-0.25, -0.2) is 8.78 Å². The van der Waals surface area contributed by atoms with Crippen molar-refractivity contribution in [2.45, 2.75) is 6.54 Å². The Hall–Kier alpha value is -1.82. The van der Waals surface area contributed by atoms with Crippen LogP contribution in [0.25, 0.3) is 11.4 Å². The van der Waals surface area contributed by atoms with Gasteiger partial charge in [-0.1, -0.05) is 5.16 Å². The van der Waals surface area contributed by atoms with Crippen LogP contribution in [-0.4, -0.2) is 10.1 Å². The van der Waals surface area contributed by atoms with Crippen molar-refractivity contribution >= 4 is 0 Å². The van der Waals surface area contributed by atoms with Crippen molar-refractivity contribution in [2.24, 2.45) is 5.73 Å². The van der Waals surface area contributed by atoms with Gasteiger partial charge in [0.05, 0.1) is 12.1 Å². The first-order valence-corrected chi connectivity index (χ1v) is 4.19. The maximum Gasteiger partial charge on any atom is 0.240 e. The van der Waals surface area contributed by atoms with E-state index < -0.39 is 11.6 Å². The first kappa shape index (κ1) is 9.72. The molecule has 0 atom stereocenters. The minimum Gasteiger partial charge on any atom is -0.338 e. The van der Waals surface area contributed by atoms with E-state index >= 15 is 0 Å². The van der Waals surface area contributed by atoms with E-state index in [1.807, 2.05) is 0 Å². The third-order valence-electron chi connectivity index (χ3n) is 1.81. The molecule has 1 heterocycles. The average Bonchev–Trinajstić information content (AvgIpc) is 2.70. The molecule has 1 aromatic heterocycles. The Morgan fingerprint density at radius 1 is 1.33 bits per heavy atom. The molecule has 0 radical (unpaired) electrons. The molecule has 0 unspecified atom stereocenters. The van der Waals surface area contributed by atoms with E-state index in [4.69, 9.17) is 5.73 Å². The van der Waals surface area contributed by atoms with Crippen molar-refractivity contribution in [3.8, 4) is 11.4 Å².